The Labute approximate surface area is 125 Å². The Morgan fingerprint density at radius 3 is 2.43 bits per heavy atom. The Kier molecular flexibility index (Phi) is 3.33. The Morgan fingerprint density at radius 1 is 0.952 bits per heavy atom. The van der Waals surface area contributed by atoms with Crippen LogP contribution in [0.3, 0.4) is 0 Å². The molecule has 0 amide bonds. The predicted molar refractivity (Wildman–Crippen MR) is 79.4 cm³/mol. The highest BCUT2D eigenvalue weighted by molar-refractivity contribution is 6.34. The molecular weight excluding hydrogens is 294 g/mol. The van der Waals surface area contributed by atoms with Crippen molar-refractivity contribution in [2.75, 3.05) is 0 Å². The maximum atomic E-state index is 13.4. The zero-order valence-electron chi connectivity index (χ0n) is 11.4. The molecule has 0 N–H and O–H groups in total. The van der Waals surface area contributed by atoms with Gasteiger partial charge in [-0.2, -0.15) is 0 Å². The van der Waals surface area contributed by atoms with Gasteiger partial charge in [-0.1, -0.05) is 29.3 Å². The number of halogens is 3. The number of hydrogen-bond acceptors (Lipinski definition) is 2. The fraction of sp³-hybridized carbons (Fsp3) is 0.125. The van der Waals surface area contributed by atoms with Crippen LogP contribution < -0.4 is 0 Å². The molecular formula is C16H11ClF2N2. The molecule has 0 aliphatic carbocycles. The van der Waals surface area contributed by atoms with E-state index in [1.807, 2.05) is 32.0 Å². The lowest BCUT2D eigenvalue weighted by molar-refractivity contribution is 0.510. The first kappa shape index (κ1) is 13.9. The van der Waals surface area contributed by atoms with Gasteiger partial charge in [-0.05, 0) is 31.5 Å². The molecule has 21 heavy (non-hydrogen) atoms. The van der Waals surface area contributed by atoms with Gasteiger partial charge in [0.25, 0.3) is 0 Å². The average Bonchev–Trinajstić information content (AvgIpc) is 2.43. The SMILES string of the molecule is Cc1ccc(C)c(-c2nc(Cl)c3cc(F)c(F)cc3n2)c1. The Balaban J connectivity index is 2.30. The largest absolute Gasteiger partial charge is 0.228 e. The van der Waals surface area contributed by atoms with Gasteiger partial charge in [0.1, 0.15) is 5.15 Å². The van der Waals surface area contributed by atoms with Crippen molar-refractivity contribution in [3.05, 3.63) is 58.2 Å². The lowest BCUT2D eigenvalue weighted by Gasteiger charge is -2.08. The topological polar surface area (TPSA) is 25.8 Å². The summed E-state index contributed by atoms with van der Waals surface area (Å²) in [6.07, 6.45) is 0. The Morgan fingerprint density at radius 2 is 1.67 bits per heavy atom. The zero-order valence-corrected chi connectivity index (χ0v) is 12.2. The molecule has 3 aromatic rings. The van der Waals surface area contributed by atoms with Gasteiger partial charge in [-0.15, -0.1) is 0 Å². The van der Waals surface area contributed by atoms with Crippen LogP contribution in [0.1, 0.15) is 11.1 Å². The summed E-state index contributed by atoms with van der Waals surface area (Å²) >= 11 is 6.09. The number of nitrogens with zero attached hydrogens (tertiary/aromatic N) is 2. The molecule has 1 aromatic heterocycles. The summed E-state index contributed by atoms with van der Waals surface area (Å²) in [4.78, 5) is 8.52. The van der Waals surface area contributed by atoms with Crippen LogP contribution in [0.25, 0.3) is 22.3 Å². The molecule has 0 unspecified atom stereocenters. The highest BCUT2D eigenvalue weighted by Gasteiger charge is 2.13. The van der Waals surface area contributed by atoms with Crippen molar-refractivity contribution in [2.45, 2.75) is 13.8 Å². The highest BCUT2D eigenvalue weighted by atomic mass is 35.5. The van der Waals surface area contributed by atoms with E-state index in [1.54, 1.807) is 0 Å². The normalized spacial score (nSPS) is 11.1. The van der Waals surface area contributed by atoms with Crippen LogP contribution >= 0.6 is 11.6 Å². The van der Waals surface area contributed by atoms with E-state index in [0.717, 1.165) is 28.8 Å². The molecule has 106 valence electrons. The number of aromatic nitrogens is 2. The Bertz CT molecular complexity index is 863. The summed E-state index contributed by atoms with van der Waals surface area (Å²) in [7, 11) is 0. The molecule has 1 heterocycles. The molecule has 0 saturated carbocycles. The van der Waals surface area contributed by atoms with E-state index in [1.165, 1.54) is 0 Å². The van der Waals surface area contributed by atoms with Crippen LogP contribution in [0, 0.1) is 25.5 Å². The fourth-order valence-electron chi connectivity index (χ4n) is 2.18. The van der Waals surface area contributed by atoms with E-state index in [4.69, 9.17) is 11.6 Å². The maximum absolute atomic E-state index is 13.4. The number of benzene rings is 2. The summed E-state index contributed by atoms with van der Waals surface area (Å²) in [5.41, 5.74) is 3.15. The van der Waals surface area contributed by atoms with E-state index in [2.05, 4.69) is 9.97 Å². The van der Waals surface area contributed by atoms with E-state index in [0.29, 0.717) is 11.2 Å². The van der Waals surface area contributed by atoms with Crippen molar-refractivity contribution in [3.63, 3.8) is 0 Å². The molecule has 2 nitrogen and oxygen atoms in total. The lowest BCUT2D eigenvalue weighted by atomic mass is 10.0. The highest BCUT2D eigenvalue weighted by Crippen LogP contribution is 2.28. The molecule has 5 heteroatoms. The fourth-order valence-corrected chi connectivity index (χ4v) is 2.41. The van der Waals surface area contributed by atoms with E-state index in [9.17, 15) is 8.78 Å². The van der Waals surface area contributed by atoms with Crippen LogP contribution in [0.15, 0.2) is 30.3 Å². The van der Waals surface area contributed by atoms with Gasteiger partial charge in [0.15, 0.2) is 17.5 Å². The van der Waals surface area contributed by atoms with Crippen molar-refractivity contribution < 1.29 is 8.78 Å². The zero-order chi connectivity index (χ0) is 15.1. The van der Waals surface area contributed by atoms with Crippen LogP contribution in [-0.4, -0.2) is 9.97 Å². The van der Waals surface area contributed by atoms with Crippen molar-refractivity contribution in [1.82, 2.24) is 9.97 Å². The molecule has 0 fully saturated rings. The summed E-state index contributed by atoms with van der Waals surface area (Å²) < 4.78 is 26.7. The van der Waals surface area contributed by atoms with Crippen LogP contribution in [0.2, 0.25) is 5.15 Å². The second kappa shape index (κ2) is 5.04. The van der Waals surface area contributed by atoms with Crippen LogP contribution in [0.4, 0.5) is 8.78 Å². The lowest BCUT2D eigenvalue weighted by Crippen LogP contribution is -1.96. The van der Waals surface area contributed by atoms with Gasteiger partial charge in [0.2, 0.25) is 0 Å². The van der Waals surface area contributed by atoms with Gasteiger partial charge in [-0.3, -0.25) is 0 Å². The quantitative estimate of drug-likeness (QED) is 0.601. The van der Waals surface area contributed by atoms with Crippen molar-refractivity contribution in [3.8, 4) is 11.4 Å². The first-order valence-corrected chi connectivity index (χ1v) is 6.73. The first-order chi connectivity index (χ1) is 9.95. The molecule has 2 aromatic carbocycles. The second-order valence-corrected chi connectivity index (χ2v) is 5.30. The monoisotopic (exact) mass is 304 g/mol. The molecule has 0 saturated heterocycles. The number of fused-ring (bicyclic) bond motifs is 1. The summed E-state index contributed by atoms with van der Waals surface area (Å²) in [6, 6.07) is 7.92. The van der Waals surface area contributed by atoms with E-state index in [-0.39, 0.29) is 10.7 Å². The maximum Gasteiger partial charge on any atom is 0.161 e. The molecule has 0 radical (unpaired) electrons. The van der Waals surface area contributed by atoms with Crippen molar-refractivity contribution >= 4 is 22.5 Å². The Hall–Kier alpha value is -2.07. The molecule has 0 bridgehead atoms. The van der Waals surface area contributed by atoms with Crippen LogP contribution in [-0.2, 0) is 0 Å². The standard InChI is InChI=1S/C16H11ClF2N2/c1-8-3-4-9(2)10(5-8)16-20-14-7-13(19)12(18)6-11(14)15(17)21-16/h3-7H,1-2H3. The third kappa shape index (κ3) is 2.47. The molecule has 0 atom stereocenters. The average molecular weight is 305 g/mol. The smallest absolute Gasteiger partial charge is 0.161 e. The van der Waals surface area contributed by atoms with Gasteiger partial charge in [0, 0.05) is 17.0 Å². The number of rotatable bonds is 1. The number of hydrogen-bond donors (Lipinski definition) is 0. The minimum atomic E-state index is -0.965. The molecule has 0 spiro atoms. The van der Waals surface area contributed by atoms with Gasteiger partial charge in [0.05, 0.1) is 5.52 Å². The summed E-state index contributed by atoms with van der Waals surface area (Å²) in [6.45, 7) is 3.89. The summed E-state index contributed by atoms with van der Waals surface area (Å²) in [5, 5.41) is 0.402. The van der Waals surface area contributed by atoms with Gasteiger partial charge < -0.3 is 0 Å². The second-order valence-electron chi connectivity index (χ2n) is 4.94. The third-order valence-corrected chi connectivity index (χ3v) is 3.61. The van der Waals surface area contributed by atoms with Crippen molar-refractivity contribution in [2.24, 2.45) is 0 Å². The molecule has 0 aliphatic rings. The van der Waals surface area contributed by atoms with Crippen LogP contribution in [0.5, 0.6) is 0 Å². The predicted octanol–water partition coefficient (Wildman–Crippen LogP) is 4.85. The van der Waals surface area contributed by atoms with E-state index < -0.39 is 11.6 Å². The minimum absolute atomic E-state index is 0.106. The third-order valence-electron chi connectivity index (χ3n) is 3.33. The number of aryl methyl sites for hydroxylation is 2. The molecule has 3 rings (SSSR count). The first-order valence-electron chi connectivity index (χ1n) is 6.35. The minimum Gasteiger partial charge on any atom is -0.228 e. The van der Waals surface area contributed by atoms with Gasteiger partial charge in [-0.25, -0.2) is 18.7 Å². The molecule has 0 aliphatic heterocycles. The van der Waals surface area contributed by atoms with E-state index >= 15 is 0 Å². The summed E-state index contributed by atoms with van der Waals surface area (Å²) in [5.74, 6) is -1.52. The van der Waals surface area contributed by atoms with Gasteiger partial charge >= 0.3 is 0 Å². The van der Waals surface area contributed by atoms with Crippen molar-refractivity contribution in [1.29, 1.82) is 0 Å².